The maximum Gasteiger partial charge on any atom is 0.159 e. The van der Waals surface area contributed by atoms with E-state index in [4.69, 9.17) is 11.6 Å². The van der Waals surface area contributed by atoms with Gasteiger partial charge in [-0.3, -0.25) is 4.79 Å². The van der Waals surface area contributed by atoms with Crippen LogP contribution in [0.4, 0.5) is 5.69 Å². The second kappa shape index (κ2) is 6.03. The van der Waals surface area contributed by atoms with Crippen LogP contribution in [0.5, 0.6) is 0 Å². The fourth-order valence-electron chi connectivity index (χ4n) is 1.54. The van der Waals surface area contributed by atoms with Crippen molar-refractivity contribution in [3.05, 3.63) is 28.8 Å². The number of benzene rings is 1. The van der Waals surface area contributed by atoms with Gasteiger partial charge in [-0.15, -0.1) is 0 Å². The molecule has 1 unspecified atom stereocenters. The Bertz CT molecular complexity index is 404. The fraction of sp³-hybridized carbons (Fsp3) is 0.462. The highest BCUT2D eigenvalue weighted by Gasteiger charge is 2.09. The number of ketones is 1. The zero-order chi connectivity index (χ0) is 13.0. The molecule has 0 saturated carbocycles. The molecule has 94 valence electrons. The molecule has 0 fully saturated rings. The van der Waals surface area contributed by atoms with E-state index < -0.39 is 0 Å². The molecule has 0 amide bonds. The summed E-state index contributed by atoms with van der Waals surface area (Å²) in [5.74, 6) is 0.00471. The minimum atomic E-state index is -0.326. The highest BCUT2D eigenvalue weighted by Crippen LogP contribution is 2.26. The first-order chi connectivity index (χ1) is 7.91. The molecule has 0 saturated heterocycles. The number of aliphatic hydroxyl groups excluding tert-OH is 1. The van der Waals surface area contributed by atoms with Gasteiger partial charge in [0.05, 0.1) is 16.8 Å². The van der Waals surface area contributed by atoms with Crippen LogP contribution >= 0.6 is 11.6 Å². The monoisotopic (exact) mass is 255 g/mol. The number of halogens is 1. The predicted octanol–water partition coefficient (Wildman–Crippen LogP) is 2.75. The average Bonchev–Trinajstić information content (AvgIpc) is 2.25. The quantitative estimate of drug-likeness (QED) is 0.823. The highest BCUT2D eigenvalue weighted by molar-refractivity contribution is 6.33. The molecule has 0 bridgehead atoms. The van der Waals surface area contributed by atoms with Crippen molar-refractivity contribution in [2.24, 2.45) is 0 Å². The summed E-state index contributed by atoms with van der Waals surface area (Å²) in [6, 6.07) is 5.28. The highest BCUT2D eigenvalue weighted by atomic mass is 35.5. The number of nitrogens with zero attached hydrogens (tertiary/aromatic N) is 1. The second-order valence-corrected chi connectivity index (χ2v) is 4.69. The summed E-state index contributed by atoms with van der Waals surface area (Å²) in [5, 5.41) is 9.79. The van der Waals surface area contributed by atoms with E-state index >= 15 is 0 Å². The van der Waals surface area contributed by atoms with Gasteiger partial charge in [-0.2, -0.15) is 0 Å². The van der Waals surface area contributed by atoms with Crippen molar-refractivity contribution in [2.75, 3.05) is 18.5 Å². The van der Waals surface area contributed by atoms with E-state index in [0.29, 0.717) is 17.0 Å². The Morgan fingerprint density at radius 2 is 2.18 bits per heavy atom. The Morgan fingerprint density at radius 1 is 1.53 bits per heavy atom. The van der Waals surface area contributed by atoms with Crippen molar-refractivity contribution in [2.45, 2.75) is 26.4 Å². The van der Waals surface area contributed by atoms with Crippen LogP contribution in [0.3, 0.4) is 0 Å². The second-order valence-electron chi connectivity index (χ2n) is 4.28. The number of hydrogen-bond donors (Lipinski definition) is 1. The Hall–Kier alpha value is -1.06. The molecule has 0 aliphatic heterocycles. The lowest BCUT2D eigenvalue weighted by atomic mass is 10.1. The number of hydrogen-bond acceptors (Lipinski definition) is 3. The molecule has 4 heteroatoms. The smallest absolute Gasteiger partial charge is 0.159 e. The van der Waals surface area contributed by atoms with Gasteiger partial charge in [0.25, 0.3) is 0 Å². The summed E-state index contributed by atoms with van der Waals surface area (Å²) in [6.45, 7) is 3.99. The Morgan fingerprint density at radius 3 is 2.65 bits per heavy atom. The Balaban J connectivity index is 2.81. The maximum absolute atomic E-state index is 11.2. The lowest BCUT2D eigenvalue weighted by Gasteiger charge is -2.21. The van der Waals surface area contributed by atoms with Crippen LogP contribution in [-0.4, -0.2) is 30.6 Å². The van der Waals surface area contributed by atoms with Crippen molar-refractivity contribution < 1.29 is 9.90 Å². The summed E-state index contributed by atoms with van der Waals surface area (Å²) < 4.78 is 0. The summed E-state index contributed by atoms with van der Waals surface area (Å²) >= 11 is 6.13. The van der Waals surface area contributed by atoms with Crippen LogP contribution in [-0.2, 0) is 0 Å². The molecule has 1 aromatic rings. The summed E-state index contributed by atoms with van der Waals surface area (Å²) in [6.07, 6.45) is 0.356. The number of rotatable bonds is 5. The van der Waals surface area contributed by atoms with Crippen LogP contribution in [0.15, 0.2) is 18.2 Å². The Kier molecular flexibility index (Phi) is 4.97. The third kappa shape index (κ3) is 4.02. The van der Waals surface area contributed by atoms with Gasteiger partial charge in [-0.1, -0.05) is 11.6 Å². The van der Waals surface area contributed by atoms with Gasteiger partial charge in [0.1, 0.15) is 0 Å². The van der Waals surface area contributed by atoms with Gasteiger partial charge in [0, 0.05) is 19.2 Å². The third-order valence-corrected chi connectivity index (χ3v) is 2.95. The van der Waals surface area contributed by atoms with Crippen LogP contribution in [0.1, 0.15) is 30.6 Å². The first kappa shape index (κ1) is 14.0. The molecule has 0 spiro atoms. The van der Waals surface area contributed by atoms with E-state index in [0.717, 1.165) is 12.2 Å². The van der Waals surface area contributed by atoms with E-state index in [1.165, 1.54) is 6.92 Å². The average molecular weight is 256 g/mol. The lowest BCUT2D eigenvalue weighted by Crippen LogP contribution is -2.22. The number of aliphatic hydroxyl groups is 1. The van der Waals surface area contributed by atoms with Crippen molar-refractivity contribution in [3.63, 3.8) is 0 Å². The van der Waals surface area contributed by atoms with Gasteiger partial charge < -0.3 is 10.0 Å². The minimum Gasteiger partial charge on any atom is -0.393 e. The molecule has 17 heavy (non-hydrogen) atoms. The number of Topliss-reactive ketones (excluding diaryl/α,β-unsaturated/α-hetero) is 1. The molecule has 1 aromatic carbocycles. The standard InChI is InChI=1S/C13H18ClNO2/c1-9(16)6-7-15(3)13-5-4-11(10(2)17)8-12(13)14/h4-5,8-9,16H,6-7H2,1-3H3. The SMILES string of the molecule is CC(=O)c1ccc(N(C)CCC(C)O)c(Cl)c1. The van der Waals surface area contributed by atoms with E-state index in [1.54, 1.807) is 19.1 Å². The number of anilines is 1. The number of carbonyl (C=O) groups excluding carboxylic acids is 1. The van der Waals surface area contributed by atoms with Crippen LogP contribution < -0.4 is 4.90 Å². The van der Waals surface area contributed by atoms with Crippen molar-refractivity contribution in [3.8, 4) is 0 Å². The van der Waals surface area contributed by atoms with E-state index in [2.05, 4.69) is 0 Å². The fourth-order valence-corrected chi connectivity index (χ4v) is 1.86. The molecule has 3 nitrogen and oxygen atoms in total. The van der Waals surface area contributed by atoms with Crippen molar-refractivity contribution in [1.29, 1.82) is 0 Å². The molecule has 0 heterocycles. The van der Waals surface area contributed by atoms with E-state index in [9.17, 15) is 9.90 Å². The zero-order valence-corrected chi connectivity index (χ0v) is 11.2. The first-order valence-electron chi connectivity index (χ1n) is 5.61. The predicted molar refractivity (Wildman–Crippen MR) is 71.0 cm³/mol. The zero-order valence-electron chi connectivity index (χ0n) is 10.4. The molecule has 1 rings (SSSR count). The first-order valence-corrected chi connectivity index (χ1v) is 5.99. The maximum atomic E-state index is 11.2. The third-order valence-electron chi connectivity index (χ3n) is 2.65. The summed E-state index contributed by atoms with van der Waals surface area (Å²) in [4.78, 5) is 13.2. The lowest BCUT2D eigenvalue weighted by molar-refractivity contribution is 0.101. The molecule has 0 radical (unpaired) electrons. The van der Waals surface area contributed by atoms with Gasteiger partial charge in [-0.25, -0.2) is 0 Å². The summed E-state index contributed by atoms with van der Waals surface area (Å²) in [7, 11) is 1.91. The van der Waals surface area contributed by atoms with E-state index in [-0.39, 0.29) is 11.9 Å². The van der Waals surface area contributed by atoms with Gasteiger partial charge >= 0.3 is 0 Å². The molecule has 1 atom stereocenters. The van der Waals surface area contributed by atoms with Gasteiger partial charge in [0.15, 0.2) is 5.78 Å². The topological polar surface area (TPSA) is 40.5 Å². The molecule has 0 aliphatic rings. The van der Waals surface area contributed by atoms with Crippen LogP contribution in [0, 0.1) is 0 Å². The van der Waals surface area contributed by atoms with Gasteiger partial charge in [0.2, 0.25) is 0 Å². The van der Waals surface area contributed by atoms with Crippen molar-refractivity contribution in [1.82, 2.24) is 0 Å². The normalized spacial score (nSPS) is 12.3. The van der Waals surface area contributed by atoms with Gasteiger partial charge in [-0.05, 0) is 38.5 Å². The molecule has 0 aliphatic carbocycles. The van der Waals surface area contributed by atoms with E-state index in [1.807, 2.05) is 18.0 Å². The largest absolute Gasteiger partial charge is 0.393 e. The molecular formula is C13H18ClNO2. The van der Waals surface area contributed by atoms with Crippen LogP contribution in [0.2, 0.25) is 5.02 Å². The van der Waals surface area contributed by atoms with Crippen LogP contribution in [0.25, 0.3) is 0 Å². The molecule has 0 aromatic heterocycles. The number of carbonyl (C=O) groups is 1. The molecule has 1 N–H and O–H groups in total. The minimum absolute atomic E-state index is 0.00471. The Labute approximate surface area is 107 Å². The summed E-state index contributed by atoms with van der Waals surface area (Å²) in [5.41, 5.74) is 1.49. The van der Waals surface area contributed by atoms with Crippen molar-refractivity contribution >= 4 is 23.1 Å². The molecular weight excluding hydrogens is 238 g/mol.